The maximum atomic E-state index is 14.1. The van der Waals surface area contributed by atoms with Crippen molar-refractivity contribution in [3.8, 4) is 5.75 Å². The zero-order valence-electron chi connectivity index (χ0n) is 18.4. The summed E-state index contributed by atoms with van der Waals surface area (Å²) in [4.78, 5) is -0.170. The van der Waals surface area contributed by atoms with Crippen LogP contribution in [-0.2, 0) is 16.4 Å². The second-order valence-corrected chi connectivity index (χ2v) is 10.2. The highest BCUT2D eigenvalue weighted by atomic mass is 35.5. The van der Waals surface area contributed by atoms with Gasteiger partial charge in [0.15, 0.2) is 11.6 Å². The molecule has 0 saturated heterocycles. The number of halogens is 3. The first-order valence-corrected chi connectivity index (χ1v) is 12.3. The molecule has 0 bridgehead atoms. The largest absolute Gasteiger partial charge is 0.494 e. The van der Waals surface area contributed by atoms with E-state index in [4.69, 9.17) is 16.3 Å². The van der Waals surface area contributed by atoms with Crippen LogP contribution in [0, 0.1) is 11.6 Å². The number of rotatable bonds is 5. The fourth-order valence-corrected chi connectivity index (χ4v) is 5.90. The van der Waals surface area contributed by atoms with E-state index in [1.165, 1.54) is 25.3 Å². The molecule has 0 spiro atoms. The van der Waals surface area contributed by atoms with E-state index < -0.39 is 33.8 Å². The second-order valence-electron chi connectivity index (χ2n) is 7.97. The molecule has 0 aromatic heterocycles. The Morgan fingerprint density at radius 1 is 1.09 bits per heavy atom. The highest BCUT2D eigenvalue weighted by Gasteiger charge is 2.38. The number of benzene rings is 3. The summed E-state index contributed by atoms with van der Waals surface area (Å²) in [6, 6.07) is 12.0. The van der Waals surface area contributed by atoms with Gasteiger partial charge in [0.05, 0.1) is 34.9 Å². The molecule has 1 aliphatic heterocycles. The Hall–Kier alpha value is -2.94. The Labute approximate surface area is 201 Å². The molecule has 34 heavy (non-hydrogen) atoms. The zero-order valence-corrected chi connectivity index (χ0v) is 19.9. The van der Waals surface area contributed by atoms with Crippen LogP contribution in [0.25, 0.3) is 12.2 Å². The molecule has 9 heteroatoms. The summed E-state index contributed by atoms with van der Waals surface area (Å²) in [5.41, 5.74) is 1.83. The third-order valence-corrected chi connectivity index (χ3v) is 8.05. The van der Waals surface area contributed by atoms with Crippen molar-refractivity contribution in [1.82, 2.24) is 0 Å². The van der Waals surface area contributed by atoms with Gasteiger partial charge in [0.2, 0.25) is 0 Å². The van der Waals surface area contributed by atoms with Gasteiger partial charge in [-0.1, -0.05) is 35.9 Å². The van der Waals surface area contributed by atoms with Crippen molar-refractivity contribution < 1.29 is 27.0 Å². The van der Waals surface area contributed by atoms with E-state index in [2.05, 4.69) is 0 Å². The molecule has 0 radical (unpaired) electrons. The molecule has 0 unspecified atom stereocenters. The number of nitrogens with zero attached hydrogens (tertiary/aromatic N) is 1. The van der Waals surface area contributed by atoms with Gasteiger partial charge in [-0.3, -0.25) is 4.31 Å². The molecule has 1 aliphatic rings. The highest BCUT2D eigenvalue weighted by Crippen LogP contribution is 2.37. The van der Waals surface area contributed by atoms with Gasteiger partial charge in [-0.05, 0) is 54.5 Å². The summed E-state index contributed by atoms with van der Waals surface area (Å²) in [5.74, 6) is -1.37. The maximum Gasteiger partial charge on any atom is 0.264 e. The third-order valence-electron chi connectivity index (χ3n) is 5.82. The van der Waals surface area contributed by atoms with E-state index in [1.807, 2.05) is 0 Å². The van der Waals surface area contributed by atoms with Crippen LogP contribution in [0.4, 0.5) is 14.5 Å². The number of fused-ring (bicyclic) bond motifs is 1. The van der Waals surface area contributed by atoms with Crippen LogP contribution in [0.3, 0.4) is 0 Å². The number of methoxy groups -OCH3 is 1. The number of hydrogen-bond donors (Lipinski definition) is 1. The Bertz CT molecular complexity index is 1360. The van der Waals surface area contributed by atoms with Crippen molar-refractivity contribution in [1.29, 1.82) is 0 Å². The fraction of sp³-hybridized carbons (Fsp3) is 0.200. The number of sulfonamides is 1. The van der Waals surface area contributed by atoms with Crippen LogP contribution in [0.1, 0.15) is 23.6 Å². The topological polar surface area (TPSA) is 66.8 Å². The van der Waals surface area contributed by atoms with Gasteiger partial charge >= 0.3 is 0 Å². The lowest BCUT2D eigenvalue weighted by Gasteiger charge is -2.39. The molecule has 2 atom stereocenters. The number of hydrogen-bond acceptors (Lipinski definition) is 4. The summed E-state index contributed by atoms with van der Waals surface area (Å²) >= 11 is 6.09. The monoisotopic (exact) mass is 505 g/mol. The minimum atomic E-state index is -4.18. The molecule has 5 nitrogen and oxygen atoms in total. The van der Waals surface area contributed by atoms with Crippen LogP contribution < -0.4 is 9.04 Å². The standard InChI is InChI=1S/C25H22ClF2NO4S/c1-15-24(30)13-17-8-6-16(7-10-19-20(26)4-3-5-21(19)27)12-23(17)29(15)34(31,32)18-9-11-22(28)25(14-18)33-2/h3-12,14-15,24,30H,13H2,1-2H3/b10-7+/t15-,24-/m1/s1. The van der Waals surface area contributed by atoms with Gasteiger partial charge < -0.3 is 9.84 Å². The lowest BCUT2D eigenvalue weighted by Crippen LogP contribution is -2.49. The van der Waals surface area contributed by atoms with Crippen molar-refractivity contribution in [3.05, 3.63) is 87.9 Å². The quantitative estimate of drug-likeness (QED) is 0.478. The predicted octanol–water partition coefficient (Wildman–Crippen LogP) is 5.30. The minimum Gasteiger partial charge on any atom is -0.494 e. The van der Waals surface area contributed by atoms with E-state index >= 15 is 0 Å². The number of aliphatic hydroxyl groups is 1. The van der Waals surface area contributed by atoms with Crippen molar-refractivity contribution in [2.45, 2.75) is 30.4 Å². The molecule has 1 N–H and O–H groups in total. The number of aliphatic hydroxyl groups excluding tert-OH is 1. The Balaban J connectivity index is 1.80. The van der Waals surface area contributed by atoms with Crippen LogP contribution in [0.5, 0.6) is 5.75 Å². The molecule has 0 amide bonds. The first-order valence-electron chi connectivity index (χ1n) is 10.4. The number of ether oxygens (including phenoxy) is 1. The third kappa shape index (κ3) is 4.41. The first-order chi connectivity index (χ1) is 16.1. The van der Waals surface area contributed by atoms with Crippen molar-refractivity contribution in [2.75, 3.05) is 11.4 Å². The van der Waals surface area contributed by atoms with Crippen molar-refractivity contribution >= 4 is 39.5 Å². The van der Waals surface area contributed by atoms with Crippen molar-refractivity contribution in [2.24, 2.45) is 0 Å². The molecule has 1 heterocycles. The molecular weight excluding hydrogens is 484 g/mol. The maximum absolute atomic E-state index is 14.1. The molecule has 3 aromatic rings. The Morgan fingerprint density at radius 2 is 1.85 bits per heavy atom. The van der Waals surface area contributed by atoms with Gasteiger partial charge in [-0.25, -0.2) is 17.2 Å². The van der Waals surface area contributed by atoms with Gasteiger partial charge in [-0.15, -0.1) is 0 Å². The Morgan fingerprint density at radius 3 is 2.56 bits per heavy atom. The lowest BCUT2D eigenvalue weighted by atomic mass is 9.95. The summed E-state index contributed by atoms with van der Waals surface area (Å²) in [6.45, 7) is 1.60. The van der Waals surface area contributed by atoms with Crippen LogP contribution in [0.2, 0.25) is 5.02 Å². The summed E-state index contributed by atoms with van der Waals surface area (Å²) in [6.07, 6.45) is 2.47. The van der Waals surface area contributed by atoms with Gasteiger partial charge in [0, 0.05) is 18.1 Å². The van der Waals surface area contributed by atoms with Crippen molar-refractivity contribution in [3.63, 3.8) is 0 Å². The molecule has 0 aliphatic carbocycles. The van der Waals surface area contributed by atoms with E-state index in [0.717, 1.165) is 22.5 Å². The molecule has 0 saturated carbocycles. The lowest BCUT2D eigenvalue weighted by molar-refractivity contribution is 0.147. The van der Waals surface area contributed by atoms with Gasteiger partial charge in [0.1, 0.15) is 5.82 Å². The van der Waals surface area contributed by atoms with E-state index in [9.17, 15) is 22.3 Å². The summed E-state index contributed by atoms with van der Waals surface area (Å²) < 4.78 is 61.3. The van der Waals surface area contributed by atoms with E-state index in [1.54, 1.807) is 37.3 Å². The first kappa shape index (κ1) is 24.2. The molecule has 178 valence electrons. The predicted molar refractivity (Wildman–Crippen MR) is 129 cm³/mol. The fourth-order valence-electron chi connectivity index (χ4n) is 3.95. The van der Waals surface area contributed by atoms with Crippen LogP contribution in [0.15, 0.2) is 59.5 Å². The minimum absolute atomic E-state index is 0.170. The normalized spacial score (nSPS) is 18.2. The van der Waals surface area contributed by atoms with E-state index in [0.29, 0.717) is 16.8 Å². The van der Waals surface area contributed by atoms with Gasteiger partial charge in [0.25, 0.3) is 10.0 Å². The van der Waals surface area contributed by atoms with Gasteiger partial charge in [-0.2, -0.15) is 0 Å². The number of anilines is 1. The SMILES string of the molecule is COc1cc(S(=O)(=O)N2c3cc(/C=C/c4c(F)cccc4Cl)ccc3C[C@@H](O)[C@H]2C)ccc1F. The molecule has 0 fully saturated rings. The molecular formula is C25H22ClF2NO4S. The summed E-state index contributed by atoms with van der Waals surface area (Å²) in [5, 5.41) is 10.8. The smallest absolute Gasteiger partial charge is 0.264 e. The molecule has 3 aromatic carbocycles. The zero-order chi connectivity index (χ0) is 24.6. The second kappa shape index (κ2) is 9.37. The molecule has 4 rings (SSSR count). The Kier molecular flexibility index (Phi) is 6.66. The average molecular weight is 506 g/mol. The van der Waals surface area contributed by atoms with Crippen LogP contribution >= 0.6 is 11.6 Å². The summed E-state index contributed by atoms with van der Waals surface area (Å²) in [7, 11) is -2.93. The average Bonchev–Trinajstić information content (AvgIpc) is 2.79. The highest BCUT2D eigenvalue weighted by molar-refractivity contribution is 7.92. The van der Waals surface area contributed by atoms with E-state index in [-0.39, 0.29) is 27.7 Å². The van der Waals surface area contributed by atoms with Crippen LogP contribution in [-0.4, -0.2) is 32.8 Å².